The molecule has 5 heteroatoms. The van der Waals surface area contributed by atoms with Gasteiger partial charge in [-0.05, 0) is 24.1 Å². The zero-order valence-electron chi connectivity index (χ0n) is 9.40. The lowest BCUT2D eigenvalue weighted by molar-refractivity contribution is 0.105. The smallest absolute Gasteiger partial charge is 0.408 e. The standard InChI is InChI=1S/C12H10N2O3/c1-14(2)6-5-10(15)8-3-4-9-11(7-8)17-12(16)13-9/h3-4,7H,1-2H3,(H,13,16). The normalized spacial score (nSPS) is 9.76. The van der Waals surface area contributed by atoms with Gasteiger partial charge in [0.2, 0.25) is 5.78 Å². The molecule has 1 aromatic heterocycles. The second kappa shape index (κ2) is 4.18. The van der Waals surface area contributed by atoms with E-state index in [4.69, 9.17) is 4.42 Å². The van der Waals surface area contributed by atoms with Crippen molar-refractivity contribution in [3.8, 4) is 12.0 Å². The van der Waals surface area contributed by atoms with Gasteiger partial charge < -0.3 is 9.32 Å². The molecular formula is C12H10N2O3. The van der Waals surface area contributed by atoms with Crippen molar-refractivity contribution >= 4 is 16.9 Å². The molecule has 0 fully saturated rings. The fraction of sp³-hybridized carbons (Fsp3) is 0.167. The second-order valence-corrected chi connectivity index (χ2v) is 3.69. The van der Waals surface area contributed by atoms with Gasteiger partial charge in [-0.3, -0.25) is 9.78 Å². The third-order valence-electron chi connectivity index (χ3n) is 2.08. The number of benzene rings is 1. The molecule has 0 aliphatic carbocycles. The Morgan fingerprint density at radius 2 is 2.18 bits per heavy atom. The van der Waals surface area contributed by atoms with Crippen molar-refractivity contribution in [2.45, 2.75) is 0 Å². The lowest BCUT2D eigenvalue weighted by atomic mass is 10.1. The van der Waals surface area contributed by atoms with Crippen LogP contribution in [0.15, 0.2) is 27.4 Å². The van der Waals surface area contributed by atoms with Gasteiger partial charge in [-0.15, -0.1) is 0 Å². The van der Waals surface area contributed by atoms with Crippen LogP contribution in [0, 0.1) is 12.0 Å². The zero-order chi connectivity index (χ0) is 12.4. The molecule has 86 valence electrons. The van der Waals surface area contributed by atoms with Crippen LogP contribution in [0.3, 0.4) is 0 Å². The Morgan fingerprint density at radius 3 is 2.88 bits per heavy atom. The number of oxazole rings is 1. The molecule has 0 bridgehead atoms. The Morgan fingerprint density at radius 1 is 1.41 bits per heavy atom. The van der Waals surface area contributed by atoms with Gasteiger partial charge in [0.15, 0.2) is 5.58 Å². The first-order valence-electron chi connectivity index (χ1n) is 4.92. The molecule has 2 aromatic rings. The number of carbonyl (C=O) groups is 1. The van der Waals surface area contributed by atoms with Gasteiger partial charge in [0, 0.05) is 25.7 Å². The number of Topliss-reactive ketones (excluding diaryl/α,β-unsaturated/α-hetero) is 1. The van der Waals surface area contributed by atoms with Crippen molar-refractivity contribution in [2.75, 3.05) is 14.1 Å². The summed E-state index contributed by atoms with van der Waals surface area (Å²) >= 11 is 0. The Kier molecular flexibility index (Phi) is 2.71. The van der Waals surface area contributed by atoms with Gasteiger partial charge >= 0.3 is 5.76 Å². The van der Waals surface area contributed by atoms with E-state index in [0.29, 0.717) is 16.7 Å². The number of ketones is 1. The topological polar surface area (TPSA) is 66.3 Å². The molecule has 5 nitrogen and oxygen atoms in total. The number of hydrogen-bond acceptors (Lipinski definition) is 4. The molecule has 0 saturated carbocycles. The highest BCUT2D eigenvalue weighted by molar-refractivity contribution is 6.10. The van der Waals surface area contributed by atoms with Gasteiger partial charge in [-0.2, -0.15) is 0 Å². The van der Waals surface area contributed by atoms with Gasteiger partial charge in [-0.1, -0.05) is 0 Å². The lowest BCUT2D eigenvalue weighted by Crippen LogP contribution is -2.03. The first-order chi connectivity index (χ1) is 8.06. The van der Waals surface area contributed by atoms with Crippen molar-refractivity contribution in [3.63, 3.8) is 0 Å². The van der Waals surface area contributed by atoms with E-state index in [0.717, 1.165) is 0 Å². The Labute approximate surface area is 97.0 Å². The summed E-state index contributed by atoms with van der Waals surface area (Å²) in [5.41, 5.74) is 1.31. The summed E-state index contributed by atoms with van der Waals surface area (Å²) in [6, 6.07) is 7.34. The third-order valence-corrected chi connectivity index (χ3v) is 2.08. The number of aromatic nitrogens is 1. The molecule has 0 aliphatic heterocycles. The maximum atomic E-state index is 11.7. The molecule has 0 spiro atoms. The average Bonchev–Trinajstić information content (AvgIpc) is 2.64. The van der Waals surface area contributed by atoms with E-state index in [1.165, 1.54) is 6.07 Å². The van der Waals surface area contributed by atoms with E-state index in [9.17, 15) is 9.59 Å². The molecule has 1 heterocycles. The van der Waals surface area contributed by atoms with Crippen LogP contribution in [0.25, 0.3) is 11.1 Å². The number of nitrogens with zero attached hydrogens (tertiary/aromatic N) is 1. The lowest BCUT2D eigenvalue weighted by Gasteiger charge is -1.97. The molecule has 0 radical (unpaired) electrons. The van der Waals surface area contributed by atoms with Crippen LogP contribution in [0.4, 0.5) is 0 Å². The zero-order valence-corrected chi connectivity index (χ0v) is 9.40. The highest BCUT2D eigenvalue weighted by atomic mass is 16.4. The third kappa shape index (κ3) is 2.37. The Hall–Kier alpha value is -2.48. The summed E-state index contributed by atoms with van der Waals surface area (Å²) in [5, 5.41) is 0. The Bertz CT molecular complexity index is 683. The average molecular weight is 230 g/mol. The minimum atomic E-state index is -0.538. The fourth-order valence-corrected chi connectivity index (χ4v) is 1.32. The van der Waals surface area contributed by atoms with Crippen molar-refractivity contribution in [3.05, 3.63) is 34.3 Å². The molecule has 2 rings (SSSR count). The maximum Gasteiger partial charge on any atom is 0.417 e. The molecular weight excluding hydrogens is 220 g/mol. The van der Waals surface area contributed by atoms with E-state index in [1.807, 2.05) is 0 Å². The maximum absolute atomic E-state index is 11.7. The number of H-pyrrole nitrogens is 1. The van der Waals surface area contributed by atoms with Crippen LogP contribution in [-0.4, -0.2) is 29.8 Å². The molecule has 0 unspecified atom stereocenters. The number of nitrogens with one attached hydrogen (secondary N) is 1. The van der Waals surface area contributed by atoms with Gasteiger partial charge in [-0.25, -0.2) is 4.79 Å². The van der Waals surface area contributed by atoms with Crippen LogP contribution in [0.1, 0.15) is 10.4 Å². The van der Waals surface area contributed by atoms with E-state index >= 15 is 0 Å². The molecule has 1 aromatic carbocycles. The summed E-state index contributed by atoms with van der Waals surface area (Å²) in [5.74, 6) is 1.62. The van der Waals surface area contributed by atoms with Crippen LogP contribution in [0.5, 0.6) is 0 Å². The highest BCUT2D eigenvalue weighted by Crippen LogP contribution is 2.12. The van der Waals surface area contributed by atoms with Gasteiger partial charge in [0.05, 0.1) is 5.52 Å². The summed E-state index contributed by atoms with van der Waals surface area (Å²) in [6.07, 6.45) is 0. The minimum Gasteiger partial charge on any atom is -0.408 e. The van der Waals surface area contributed by atoms with Crippen molar-refractivity contribution in [2.24, 2.45) is 0 Å². The quantitative estimate of drug-likeness (QED) is 0.447. The van der Waals surface area contributed by atoms with Crippen molar-refractivity contribution in [1.29, 1.82) is 0 Å². The predicted octanol–water partition coefficient (Wildman–Crippen LogP) is 0.826. The van der Waals surface area contributed by atoms with Crippen LogP contribution in [0.2, 0.25) is 0 Å². The van der Waals surface area contributed by atoms with E-state index in [-0.39, 0.29) is 5.78 Å². The van der Waals surface area contributed by atoms with E-state index < -0.39 is 5.76 Å². The van der Waals surface area contributed by atoms with Gasteiger partial charge in [0.1, 0.15) is 0 Å². The number of fused-ring (bicyclic) bond motifs is 1. The van der Waals surface area contributed by atoms with Gasteiger partial charge in [0.25, 0.3) is 0 Å². The molecule has 0 amide bonds. The van der Waals surface area contributed by atoms with Crippen LogP contribution >= 0.6 is 0 Å². The summed E-state index contributed by atoms with van der Waals surface area (Å²) in [7, 11) is 3.49. The highest BCUT2D eigenvalue weighted by Gasteiger charge is 2.06. The van der Waals surface area contributed by atoms with Crippen LogP contribution < -0.4 is 5.76 Å². The molecule has 0 saturated heterocycles. The monoisotopic (exact) mass is 230 g/mol. The number of aromatic amines is 1. The van der Waals surface area contributed by atoms with Crippen molar-refractivity contribution in [1.82, 2.24) is 9.88 Å². The Balaban J connectivity index is 2.40. The number of hydrogen-bond donors (Lipinski definition) is 1. The molecule has 1 N–H and O–H groups in total. The summed E-state index contributed by atoms with van der Waals surface area (Å²) in [6.45, 7) is 0. The minimum absolute atomic E-state index is 0.315. The molecule has 0 aliphatic rings. The largest absolute Gasteiger partial charge is 0.417 e. The molecule has 17 heavy (non-hydrogen) atoms. The number of rotatable bonds is 1. The fourth-order valence-electron chi connectivity index (χ4n) is 1.32. The first-order valence-corrected chi connectivity index (χ1v) is 4.92. The second-order valence-electron chi connectivity index (χ2n) is 3.69. The number of carbonyl (C=O) groups excluding carboxylic acids is 1. The van der Waals surface area contributed by atoms with E-state index in [2.05, 4.69) is 16.9 Å². The SMILES string of the molecule is CN(C)C#CC(=O)c1ccc2[nH]c(=O)oc2c1. The van der Waals surface area contributed by atoms with E-state index in [1.54, 1.807) is 31.1 Å². The first kappa shape index (κ1) is 11.0. The predicted molar refractivity (Wildman–Crippen MR) is 62.6 cm³/mol. The molecule has 0 atom stereocenters. The summed E-state index contributed by atoms with van der Waals surface area (Å²) in [4.78, 5) is 26.7. The van der Waals surface area contributed by atoms with Crippen molar-refractivity contribution < 1.29 is 9.21 Å². The summed E-state index contributed by atoms with van der Waals surface area (Å²) < 4.78 is 4.86. The van der Waals surface area contributed by atoms with Crippen LogP contribution in [-0.2, 0) is 0 Å².